The summed E-state index contributed by atoms with van der Waals surface area (Å²) in [5.74, 6) is 2.03. The van der Waals surface area contributed by atoms with Gasteiger partial charge in [-0.25, -0.2) is 19.7 Å². The van der Waals surface area contributed by atoms with Gasteiger partial charge in [0.1, 0.15) is 32.6 Å². The average Bonchev–Trinajstić information content (AvgIpc) is 1.68. The Balaban J connectivity index is -0.0000000173. The molecule has 0 spiro atoms. The third kappa shape index (κ3) is 22.1. The van der Waals surface area contributed by atoms with Crippen molar-refractivity contribution in [3.63, 3.8) is 0 Å². The van der Waals surface area contributed by atoms with E-state index in [4.69, 9.17) is 293 Å². The van der Waals surface area contributed by atoms with E-state index in [1.54, 1.807) is 92.7 Å². The Morgan fingerprint density at radius 3 is 1.58 bits per heavy atom. The van der Waals surface area contributed by atoms with Crippen molar-refractivity contribution < 1.29 is 248 Å². The number of benzene rings is 2. The fraction of sp³-hybridized carbons (Fsp3) is 0.280. The standard InChI is InChI=1S/C16H15BN2O4.C9H11ClN2O2.C9H9ClN2O.C7H7BO3.C6H4Cl2N2O.C3H8O.64H2/c1-10(2)22-16-14(18-3)6-7-15(19-16)23-12-4-5-13-11(8-12)9-21-17(13)20;1-6(2)14-9-7(11-5-13)3-4-8(10)12-9;1-6(2)13-9-7(11-3)4-5-8(10)12-9;9-6-1-2-7-5(3-6)4-11-8(7)10;7-5-2-1-4(9-3-11)6(8)10-5;1-3(2)4;;;;;;;;;;;;;;;;;;;;;;;;;;;;;;;;;;;;;;;;;;;;;;;;;;;;;;;;;;;;;;;;/h4-8,10,20H,9H2,1-2H3;3-6H,1-2H3,(H,11,13);4-6H,1-2H3;1-3,9-10H,4H2;1-3H,(H,9,11);3-4H,1-2H3;64*1H/i;;;;;;64*1+1D. The fourth-order valence-corrected chi connectivity index (χ4v) is 6.45. The molecule has 4 aromatic heterocycles. The van der Waals surface area contributed by atoms with E-state index in [-0.39, 0.29) is 41.2 Å². The van der Waals surface area contributed by atoms with Gasteiger partial charge in [0.25, 0.3) is 0 Å². The van der Waals surface area contributed by atoms with Crippen LogP contribution in [0.1, 0.15) is 257 Å². The molecule has 6 N–H and O–H groups in total. The van der Waals surface area contributed by atoms with Crippen LogP contribution < -0.4 is 40.5 Å². The summed E-state index contributed by atoms with van der Waals surface area (Å²) in [7, 11) is -1.69. The molecule has 8 rings (SSSR count). The van der Waals surface area contributed by atoms with Crippen LogP contribution in [0.4, 0.5) is 22.7 Å². The number of aromatic hydroxyl groups is 1. The minimum atomic E-state index is -0.874. The van der Waals surface area contributed by atoms with Crippen molar-refractivity contribution in [2.24, 2.45) is 0 Å². The number of rotatable bonds is 12. The van der Waals surface area contributed by atoms with Crippen LogP contribution in [-0.4, -0.2) is 91.7 Å². The zero-order valence-electron chi connectivity index (χ0n) is 170. The van der Waals surface area contributed by atoms with Crippen LogP contribution in [-0.2, 0) is 32.1 Å². The summed E-state index contributed by atoms with van der Waals surface area (Å²) in [4.78, 5) is 42.7. The maximum atomic E-state index is 10.3. The number of fused-ring (bicyclic) bond motifs is 2. The minimum Gasteiger partial charge on any atom is -0.508 e. The number of aliphatic hydroxyl groups excluding tert-OH is 1. The number of halogens is 4. The molecule has 6 heterocycles. The number of nitrogens with zero attached hydrogens (tertiary/aromatic N) is 6. The molecule has 76 heavy (non-hydrogen) atoms. The fourth-order valence-electron chi connectivity index (χ4n) is 5.77. The Labute approximate surface area is 658 Å². The number of phenols is 1. The number of carbonyl (C=O) groups excluding carboxylic acids is 2. The Kier molecular flexibility index (Phi) is 7.49. The van der Waals surface area contributed by atoms with Crippen molar-refractivity contribution in [2.45, 2.75) is 93.0 Å². The van der Waals surface area contributed by atoms with Gasteiger partial charge >= 0.3 is 14.2 Å². The number of nitrogens with one attached hydrogen (secondary N) is 2. The van der Waals surface area contributed by atoms with Gasteiger partial charge in [0.2, 0.25) is 47.7 Å². The topological polar surface area (TPSA) is 255 Å². The third-order valence-electron chi connectivity index (χ3n) is 8.76. The first-order valence-electron chi connectivity index (χ1n) is 86.8. The van der Waals surface area contributed by atoms with Gasteiger partial charge in [-0.1, -0.05) is 58.5 Å². The maximum absolute atomic E-state index is 10.3. The molecule has 0 bridgehead atoms. The largest absolute Gasteiger partial charge is 0.508 e. The highest BCUT2D eigenvalue weighted by Crippen LogP contribution is 2.32. The normalized spacial score (nSPS) is 18.2. The van der Waals surface area contributed by atoms with E-state index < -0.39 is 14.2 Å². The van der Waals surface area contributed by atoms with Crippen molar-refractivity contribution in [2.75, 3.05) is 10.6 Å². The minimum absolute atomic E-state index is 0.00790. The van der Waals surface area contributed by atoms with Crippen LogP contribution in [0.3, 0.4) is 0 Å². The number of amides is 2. The lowest BCUT2D eigenvalue weighted by molar-refractivity contribution is -0.106. The lowest BCUT2D eigenvalue weighted by Gasteiger charge is -2.12. The van der Waals surface area contributed by atoms with E-state index in [2.05, 4.69) is 40.3 Å². The predicted octanol–water partition coefficient (Wildman–Crippen LogP) is 25.3. The molecular weight excluding hydrogens is 1070 g/mol. The first-order valence-corrected chi connectivity index (χ1v) is 24.3. The Hall–Kier alpha value is -6.95. The highest BCUT2D eigenvalue weighted by Gasteiger charge is 2.28. The Bertz CT molecular complexity index is 3130. The third-order valence-corrected chi connectivity index (χ3v) is 9.68. The molecule has 528 valence electrons. The van der Waals surface area contributed by atoms with Crippen LogP contribution in [0.25, 0.3) is 9.69 Å². The summed E-state index contributed by atoms with van der Waals surface area (Å²) in [5.41, 5.74) is 4.93. The van der Waals surface area contributed by atoms with Gasteiger partial charge in [0, 0.05) is 196 Å². The molecule has 2 aromatic carbocycles. The van der Waals surface area contributed by atoms with Gasteiger partial charge < -0.3 is 59.2 Å². The van der Waals surface area contributed by atoms with Crippen LogP contribution in [0.15, 0.2) is 84.9 Å². The van der Waals surface area contributed by atoms with Gasteiger partial charge in [0.15, 0.2) is 5.15 Å². The van der Waals surface area contributed by atoms with E-state index in [1.165, 1.54) is 6.07 Å². The average molecular weight is 1380 g/mol. The molecule has 2 aliphatic rings. The first-order chi connectivity index (χ1) is 100. The monoisotopic (exact) mass is 1380 g/mol. The predicted molar refractivity (Wildman–Crippen MR) is 428 cm³/mol. The molecule has 0 atom stereocenters. The van der Waals surface area contributed by atoms with E-state index in [0.29, 0.717) is 87.6 Å². The highest BCUT2D eigenvalue weighted by atomic mass is 35.5. The van der Waals surface area contributed by atoms with E-state index in [1.807, 2.05) is 41.5 Å². The number of ether oxygens (including phenoxy) is 4. The Morgan fingerprint density at radius 2 is 1.07 bits per heavy atom. The number of pyridine rings is 4. The number of phenolic OH excluding ortho intramolecular Hbond substituents is 1. The molecule has 0 unspecified atom stereocenters. The lowest BCUT2D eigenvalue weighted by atomic mass is 9.80. The molecule has 0 aliphatic carbocycles. The van der Waals surface area contributed by atoms with Crippen LogP contribution in [0, 0.1) is 13.1 Å². The van der Waals surface area contributed by atoms with Crippen LogP contribution in [0.5, 0.6) is 35.0 Å². The molecule has 0 saturated heterocycles. The zero-order chi connectivity index (χ0) is 184. The summed E-state index contributed by atoms with van der Waals surface area (Å²) < 4.78 is 672. The molecule has 0 fully saturated rings. The summed E-state index contributed by atoms with van der Waals surface area (Å²) in [5, 5.41) is 41.9. The van der Waals surface area contributed by atoms with Gasteiger partial charge in [-0.15, -0.1) is 0 Å². The lowest BCUT2D eigenvalue weighted by Crippen LogP contribution is -2.27. The highest BCUT2D eigenvalue weighted by molar-refractivity contribution is 6.62. The summed E-state index contributed by atoms with van der Waals surface area (Å²) in [6.45, 7) is 29.4. The maximum Gasteiger partial charge on any atom is 0.491 e. The number of aliphatic hydroxyl groups is 1. The molecule has 2 aliphatic heterocycles. The number of carbonyl (C=O) groups is 2. The summed E-state index contributed by atoms with van der Waals surface area (Å²) in [6, 6.07) is 22.9. The van der Waals surface area contributed by atoms with Crippen molar-refractivity contribution >= 4 is 107 Å². The van der Waals surface area contributed by atoms with Crippen LogP contribution >= 0.6 is 46.4 Å². The molecule has 0 saturated carbocycles. The van der Waals surface area contributed by atoms with Crippen molar-refractivity contribution in [1.82, 2.24) is 19.9 Å². The van der Waals surface area contributed by atoms with E-state index in [9.17, 15) is 14.6 Å². The second-order valence-electron chi connectivity index (χ2n) is 16.4. The van der Waals surface area contributed by atoms with Crippen molar-refractivity contribution in [3.8, 4) is 35.0 Å². The number of hydrogen-bond acceptors (Lipinski definition) is 16. The van der Waals surface area contributed by atoms with Gasteiger partial charge in [-0.3, -0.25) is 9.59 Å². The van der Waals surface area contributed by atoms with Crippen molar-refractivity contribution in [3.05, 3.63) is 140 Å². The smallest absolute Gasteiger partial charge is 0.491 e. The number of hydrogen-bond donors (Lipinski definition) is 6. The SMILES string of the molecule is CC(C)O.CC(C)Oc1nc(Cl)ccc1NC=O.O=CNc1ccc(Cl)nc1Cl.OB1OCc2cc(O)ccc21.[2H][2H].[2H][2H].[2H][2H].[2H][2H].[2H][2H].[2H][2H].[2H][2H].[2H][2H].[2H][2H].[2H][2H].[2H][2H].[2H][2H].[2H][2H].[2H][2H].[2H][2H].[2H][2H].[2H][2H].[2H][2H].[2H][2H].[2H][2H].[2H][2H].[2H][2H].[2H][2H].[2H][2H].[2H][2H].[2H][2H].[2H][2H].[2H][2H].[2H][2H].[2H][2H].[2H][2H].[2H][2H].[2H][2H].[2H][2H].[2H][2H].[2H][2H].[2H][2H].[2H][2H].[2H][2H].[2H][2H].[2H][2H].[2H][2H].[2H][2H].[2H][2H].[2H][2H].[2H][2H].[2H][2H].[2H][2H].[2H][2H].[2H][2H].[2H][2H].[2H][2H].[2H][2H].[2H][2H].[2H][2H].[2H][2H].[2H][2H].[2H][2H].[2H][2H].[2H][2H].[2H][2H].[2H][2H].[2H][2H].[2H][2H].[C-]#[N+]c1ccc(Cl)nc1OC(C)C.[C-]#[N+]c1ccc(Oc2ccc3c(c2)COB3O)nc1OC(C)C. The zero-order valence-corrected chi connectivity index (χ0v) is 45.4. The quantitative estimate of drug-likeness (QED) is 0.0288. The number of aromatic nitrogens is 4. The van der Waals surface area contributed by atoms with Crippen LogP contribution in [0.2, 0.25) is 20.6 Å². The number of anilines is 2. The molecule has 26 heteroatoms. The molecule has 0 radical (unpaired) electrons. The van der Waals surface area contributed by atoms with E-state index >= 15 is 0 Å². The Morgan fingerprint density at radius 1 is 0.632 bits per heavy atom. The summed E-state index contributed by atoms with van der Waals surface area (Å²) >= 11 is 22.5. The molecule has 20 nitrogen and oxygen atoms in total. The van der Waals surface area contributed by atoms with Gasteiger partial charge in [-0.2, -0.15) is 9.97 Å². The van der Waals surface area contributed by atoms with Crippen molar-refractivity contribution in [1.29, 1.82) is 0 Å². The molecule has 6 aromatic rings. The van der Waals surface area contributed by atoms with Gasteiger partial charge in [0.05, 0.1) is 50.4 Å². The first kappa shape index (κ1) is 17.5. The molecular formula is C50H182B2Cl4N8O12. The van der Waals surface area contributed by atoms with E-state index in [0.717, 1.165) is 22.1 Å². The van der Waals surface area contributed by atoms with Gasteiger partial charge in [-0.05, 0) is 150 Å². The summed E-state index contributed by atoms with van der Waals surface area (Å²) in [6.07, 6.45) is 0.811. The molecule has 2 amide bonds. The second-order valence-corrected chi connectivity index (χ2v) is 17.9. The second kappa shape index (κ2) is 32.5.